The van der Waals surface area contributed by atoms with Crippen molar-refractivity contribution in [3.63, 3.8) is 0 Å². The molecule has 0 aromatic carbocycles. The summed E-state index contributed by atoms with van der Waals surface area (Å²) in [5.41, 5.74) is -0.129. The maximum atomic E-state index is 10.8. The Labute approximate surface area is 102 Å². The molecule has 0 bridgehead atoms. The van der Waals surface area contributed by atoms with E-state index in [2.05, 4.69) is 15.5 Å². The summed E-state index contributed by atoms with van der Waals surface area (Å²) in [7, 11) is 1.44. The monoisotopic (exact) mass is 250 g/mol. The molecule has 94 valence electrons. The summed E-state index contributed by atoms with van der Waals surface area (Å²) in [5.74, 6) is 0.963. The van der Waals surface area contributed by atoms with Crippen LogP contribution >= 0.6 is 0 Å². The second-order valence-electron chi connectivity index (χ2n) is 3.31. The number of nitrogens with one attached hydrogen (secondary N) is 1. The molecule has 0 aliphatic heterocycles. The van der Waals surface area contributed by atoms with E-state index < -0.39 is 4.92 Å². The highest BCUT2D eigenvalue weighted by Crippen LogP contribution is 2.25. The SMILES string of the molecule is COc1ccc([N+](=O)[O-])c(NCc2ccno2)n1. The molecular weight excluding hydrogens is 240 g/mol. The number of pyridine rings is 1. The van der Waals surface area contributed by atoms with Crippen molar-refractivity contribution >= 4 is 11.5 Å². The zero-order valence-electron chi connectivity index (χ0n) is 9.49. The molecule has 0 fully saturated rings. The maximum Gasteiger partial charge on any atom is 0.311 e. The van der Waals surface area contributed by atoms with Gasteiger partial charge in [0.1, 0.15) is 0 Å². The molecule has 0 aliphatic carbocycles. The molecule has 0 saturated heterocycles. The molecule has 8 heteroatoms. The van der Waals surface area contributed by atoms with Crippen molar-refractivity contribution in [1.82, 2.24) is 10.1 Å². The summed E-state index contributed by atoms with van der Waals surface area (Å²) in [6.07, 6.45) is 1.49. The summed E-state index contributed by atoms with van der Waals surface area (Å²) in [6, 6.07) is 4.41. The van der Waals surface area contributed by atoms with Crippen molar-refractivity contribution in [3.8, 4) is 5.88 Å². The van der Waals surface area contributed by atoms with Crippen LogP contribution < -0.4 is 10.1 Å². The zero-order valence-corrected chi connectivity index (χ0v) is 9.49. The minimum Gasteiger partial charge on any atom is -0.481 e. The Morgan fingerprint density at radius 3 is 2.94 bits per heavy atom. The van der Waals surface area contributed by atoms with E-state index in [4.69, 9.17) is 9.26 Å². The first-order valence-corrected chi connectivity index (χ1v) is 5.03. The summed E-state index contributed by atoms with van der Waals surface area (Å²) in [5, 5.41) is 17.2. The fourth-order valence-corrected chi connectivity index (χ4v) is 1.33. The third kappa shape index (κ3) is 2.54. The standard InChI is InChI=1S/C10H10N4O4/c1-17-9-3-2-8(14(15)16)10(13-9)11-6-7-4-5-12-18-7/h2-5H,6H2,1H3,(H,11,13). The van der Waals surface area contributed by atoms with Gasteiger partial charge in [0.15, 0.2) is 5.76 Å². The van der Waals surface area contributed by atoms with Gasteiger partial charge in [-0.15, -0.1) is 0 Å². The van der Waals surface area contributed by atoms with Gasteiger partial charge < -0.3 is 14.6 Å². The molecule has 18 heavy (non-hydrogen) atoms. The predicted molar refractivity (Wildman–Crippen MR) is 61.3 cm³/mol. The lowest BCUT2D eigenvalue weighted by Gasteiger charge is -2.05. The first-order valence-electron chi connectivity index (χ1n) is 5.03. The number of anilines is 1. The highest BCUT2D eigenvalue weighted by molar-refractivity contribution is 5.57. The van der Waals surface area contributed by atoms with E-state index in [0.717, 1.165) is 0 Å². The molecule has 2 aromatic rings. The molecule has 0 unspecified atom stereocenters. The van der Waals surface area contributed by atoms with Gasteiger partial charge in [0, 0.05) is 18.2 Å². The Bertz CT molecular complexity index is 541. The van der Waals surface area contributed by atoms with E-state index in [9.17, 15) is 10.1 Å². The van der Waals surface area contributed by atoms with Crippen molar-refractivity contribution in [2.24, 2.45) is 0 Å². The van der Waals surface area contributed by atoms with E-state index in [1.807, 2.05) is 0 Å². The largest absolute Gasteiger partial charge is 0.481 e. The Morgan fingerprint density at radius 2 is 2.33 bits per heavy atom. The van der Waals surface area contributed by atoms with E-state index >= 15 is 0 Å². The number of hydrogen-bond donors (Lipinski definition) is 1. The van der Waals surface area contributed by atoms with Crippen LogP contribution in [0.1, 0.15) is 5.76 Å². The minimum atomic E-state index is -0.519. The van der Waals surface area contributed by atoms with Crippen molar-refractivity contribution in [3.05, 3.63) is 40.3 Å². The molecule has 2 heterocycles. The Hall–Kier alpha value is -2.64. The Balaban J connectivity index is 2.20. The lowest BCUT2D eigenvalue weighted by molar-refractivity contribution is -0.384. The van der Waals surface area contributed by atoms with Crippen LogP contribution in [0.5, 0.6) is 5.88 Å². The third-order valence-electron chi connectivity index (χ3n) is 2.18. The van der Waals surface area contributed by atoms with Crippen LogP contribution in [-0.4, -0.2) is 22.2 Å². The van der Waals surface area contributed by atoms with Crippen molar-refractivity contribution in [2.45, 2.75) is 6.54 Å². The van der Waals surface area contributed by atoms with Crippen LogP contribution in [0.25, 0.3) is 0 Å². The van der Waals surface area contributed by atoms with Gasteiger partial charge in [-0.1, -0.05) is 5.16 Å². The lowest BCUT2D eigenvalue weighted by Crippen LogP contribution is -2.05. The summed E-state index contributed by atoms with van der Waals surface area (Å²) in [6.45, 7) is 0.251. The van der Waals surface area contributed by atoms with Crippen LogP contribution in [0, 0.1) is 10.1 Å². The molecule has 2 rings (SSSR count). The number of methoxy groups -OCH3 is 1. The number of aromatic nitrogens is 2. The Morgan fingerprint density at radius 1 is 1.50 bits per heavy atom. The van der Waals surface area contributed by atoms with Gasteiger partial charge >= 0.3 is 5.69 Å². The van der Waals surface area contributed by atoms with E-state index in [1.54, 1.807) is 6.07 Å². The highest BCUT2D eigenvalue weighted by Gasteiger charge is 2.16. The maximum absolute atomic E-state index is 10.8. The normalized spacial score (nSPS) is 10.1. The summed E-state index contributed by atoms with van der Waals surface area (Å²) >= 11 is 0. The molecule has 0 spiro atoms. The van der Waals surface area contributed by atoms with E-state index in [-0.39, 0.29) is 18.1 Å². The topological polar surface area (TPSA) is 103 Å². The first-order chi connectivity index (χ1) is 8.70. The third-order valence-corrected chi connectivity index (χ3v) is 2.18. The molecule has 8 nitrogen and oxygen atoms in total. The van der Waals surface area contributed by atoms with Gasteiger partial charge in [0.25, 0.3) is 0 Å². The number of hydrogen-bond acceptors (Lipinski definition) is 7. The highest BCUT2D eigenvalue weighted by atomic mass is 16.6. The molecule has 0 atom stereocenters. The second kappa shape index (κ2) is 5.13. The smallest absolute Gasteiger partial charge is 0.311 e. The van der Waals surface area contributed by atoms with E-state index in [1.165, 1.54) is 25.4 Å². The van der Waals surface area contributed by atoms with Gasteiger partial charge in [-0.25, -0.2) is 0 Å². The predicted octanol–water partition coefficient (Wildman–Crippen LogP) is 1.60. The molecule has 0 saturated carbocycles. The Kier molecular flexibility index (Phi) is 3.37. The lowest BCUT2D eigenvalue weighted by atomic mass is 10.3. The molecular formula is C10H10N4O4. The molecule has 1 N–H and O–H groups in total. The van der Waals surface area contributed by atoms with Crippen molar-refractivity contribution in [2.75, 3.05) is 12.4 Å². The summed E-state index contributed by atoms with van der Waals surface area (Å²) in [4.78, 5) is 14.3. The number of nitro groups is 1. The average molecular weight is 250 g/mol. The minimum absolute atomic E-state index is 0.121. The van der Waals surface area contributed by atoms with Crippen LogP contribution in [0.4, 0.5) is 11.5 Å². The van der Waals surface area contributed by atoms with Crippen LogP contribution in [0.15, 0.2) is 28.9 Å². The second-order valence-corrected chi connectivity index (χ2v) is 3.31. The zero-order chi connectivity index (χ0) is 13.0. The molecule has 2 aromatic heterocycles. The van der Waals surface area contributed by atoms with Gasteiger partial charge in [-0.05, 0) is 0 Å². The van der Waals surface area contributed by atoms with Crippen molar-refractivity contribution in [1.29, 1.82) is 0 Å². The molecule has 0 radical (unpaired) electrons. The van der Waals surface area contributed by atoms with Gasteiger partial charge in [0.05, 0.1) is 24.8 Å². The number of nitrogens with zero attached hydrogens (tertiary/aromatic N) is 3. The first kappa shape index (κ1) is 11.8. The van der Waals surface area contributed by atoms with Crippen LogP contribution in [-0.2, 0) is 6.54 Å². The fraction of sp³-hybridized carbons (Fsp3) is 0.200. The van der Waals surface area contributed by atoms with Gasteiger partial charge in [-0.2, -0.15) is 4.98 Å². The van der Waals surface area contributed by atoms with Gasteiger partial charge in [0.2, 0.25) is 11.7 Å². The summed E-state index contributed by atoms with van der Waals surface area (Å²) < 4.78 is 9.79. The van der Waals surface area contributed by atoms with Crippen molar-refractivity contribution < 1.29 is 14.2 Å². The van der Waals surface area contributed by atoms with Crippen LogP contribution in [0.3, 0.4) is 0 Å². The fourth-order valence-electron chi connectivity index (χ4n) is 1.33. The van der Waals surface area contributed by atoms with Crippen LogP contribution in [0.2, 0.25) is 0 Å². The number of rotatable bonds is 5. The molecule has 0 amide bonds. The van der Waals surface area contributed by atoms with Gasteiger partial charge in [-0.3, -0.25) is 10.1 Å². The number of ether oxygens (including phenoxy) is 1. The molecule has 0 aliphatic rings. The van der Waals surface area contributed by atoms with E-state index in [0.29, 0.717) is 11.6 Å². The average Bonchev–Trinajstić information content (AvgIpc) is 2.88. The quantitative estimate of drug-likeness (QED) is 0.634.